The number of rotatable bonds is 4. The van der Waals surface area contributed by atoms with Crippen LogP contribution in [0.15, 0.2) is 29.4 Å². The summed E-state index contributed by atoms with van der Waals surface area (Å²) in [5.74, 6) is -0.419. The highest BCUT2D eigenvalue weighted by Crippen LogP contribution is 1.82. The Hall–Kier alpha value is -1.67. The lowest BCUT2D eigenvalue weighted by Gasteiger charge is -1.93. The molecule has 0 rings (SSSR count). The molecule has 0 aliphatic rings. The largest absolute Gasteiger partial charge is 0.458 e. The monoisotopic (exact) mass is 167 g/mol. The molecule has 0 heterocycles. The van der Waals surface area contributed by atoms with Crippen molar-refractivity contribution in [2.75, 3.05) is 6.61 Å². The van der Waals surface area contributed by atoms with E-state index in [1.54, 1.807) is 13.0 Å². The van der Waals surface area contributed by atoms with Crippen LogP contribution in [0.2, 0.25) is 0 Å². The minimum Gasteiger partial charge on any atom is -0.458 e. The van der Waals surface area contributed by atoms with Crippen LogP contribution in [0.5, 0.6) is 0 Å². The number of aliphatic imine (C=N–C) groups is 1. The van der Waals surface area contributed by atoms with Gasteiger partial charge in [0, 0.05) is 12.3 Å². The van der Waals surface area contributed by atoms with Gasteiger partial charge in [-0.05, 0) is 13.0 Å². The van der Waals surface area contributed by atoms with E-state index in [9.17, 15) is 9.59 Å². The van der Waals surface area contributed by atoms with E-state index in [1.807, 2.05) is 0 Å². The second-order valence-corrected chi connectivity index (χ2v) is 1.74. The lowest BCUT2D eigenvalue weighted by molar-refractivity contribution is -0.136. The Morgan fingerprint density at radius 2 is 2.42 bits per heavy atom. The second-order valence-electron chi connectivity index (χ2n) is 1.74. The summed E-state index contributed by atoms with van der Waals surface area (Å²) in [6.07, 6.45) is 6.85. The molecule has 0 N–H and O–H groups in total. The molecular weight excluding hydrogens is 158 g/mol. The van der Waals surface area contributed by atoms with E-state index in [2.05, 4.69) is 9.73 Å². The van der Waals surface area contributed by atoms with Gasteiger partial charge in [0.1, 0.15) is 6.61 Å². The van der Waals surface area contributed by atoms with Gasteiger partial charge in [0.2, 0.25) is 6.08 Å². The summed E-state index contributed by atoms with van der Waals surface area (Å²) < 4.78 is 4.63. The SMILES string of the molecule is CC=CC(=O)OCC=CN=C=O. The van der Waals surface area contributed by atoms with Crippen molar-refractivity contribution in [3.63, 3.8) is 0 Å². The average Bonchev–Trinajstić information content (AvgIpc) is 2.05. The summed E-state index contributed by atoms with van der Waals surface area (Å²) in [7, 11) is 0. The van der Waals surface area contributed by atoms with E-state index in [-0.39, 0.29) is 6.61 Å². The van der Waals surface area contributed by atoms with E-state index in [4.69, 9.17) is 0 Å². The molecule has 0 aromatic rings. The smallest absolute Gasteiger partial charge is 0.330 e. The molecule has 0 aliphatic carbocycles. The Labute approximate surface area is 70.2 Å². The standard InChI is InChI=1S/C8H9NO3/c1-2-4-8(11)12-6-3-5-9-7-10/h2-5H,6H2,1H3. The molecular formula is C8H9NO3. The number of allylic oxidation sites excluding steroid dienone is 1. The number of carbonyl (C=O) groups is 1. The molecule has 0 aromatic carbocycles. The van der Waals surface area contributed by atoms with Crippen LogP contribution in [0.25, 0.3) is 0 Å². The summed E-state index contributed by atoms with van der Waals surface area (Å²) in [5.41, 5.74) is 0. The zero-order valence-electron chi connectivity index (χ0n) is 6.69. The van der Waals surface area contributed by atoms with E-state index in [0.717, 1.165) is 0 Å². The number of carbonyl (C=O) groups excluding carboxylic acids is 2. The third-order valence-corrected chi connectivity index (χ3v) is 0.857. The van der Waals surface area contributed by atoms with E-state index >= 15 is 0 Å². The maximum absolute atomic E-state index is 10.6. The zero-order chi connectivity index (χ0) is 9.23. The Morgan fingerprint density at radius 3 is 3.00 bits per heavy atom. The topological polar surface area (TPSA) is 55.7 Å². The number of isocyanates is 1. The fourth-order valence-electron chi connectivity index (χ4n) is 0.441. The molecule has 0 unspecified atom stereocenters. The molecule has 64 valence electrons. The maximum atomic E-state index is 10.6. The summed E-state index contributed by atoms with van der Waals surface area (Å²) in [6, 6.07) is 0. The van der Waals surface area contributed by atoms with Gasteiger partial charge in [-0.3, -0.25) is 0 Å². The van der Waals surface area contributed by atoms with Crippen LogP contribution in [-0.4, -0.2) is 18.7 Å². The normalized spacial score (nSPS) is 10.1. The minimum atomic E-state index is -0.419. The Morgan fingerprint density at radius 1 is 1.67 bits per heavy atom. The van der Waals surface area contributed by atoms with Crippen molar-refractivity contribution < 1.29 is 14.3 Å². The molecule has 0 bridgehead atoms. The Kier molecular flexibility index (Phi) is 6.40. The van der Waals surface area contributed by atoms with Crippen LogP contribution >= 0.6 is 0 Å². The van der Waals surface area contributed by atoms with Crippen molar-refractivity contribution in [2.45, 2.75) is 6.92 Å². The van der Waals surface area contributed by atoms with Gasteiger partial charge in [0.05, 0.1) is 0 Å². The van der Waals surface area contributed by atoms with Gasteiger partial charge >= 0.3 is 5.97 Å². The van der Waals surface area contributed by atoms with Crippen LogP contribution in [0, 0.1) is 0 Å². The fourth-order valence-corrected chi connectivity index (χ4v) is 0.441. The summed E-state index contributed by atoms with van der Waals surface area (Å²) in [6.45, 7) is 1.82. The summed E-state index contributed by atoms with van der Waals surface area (Å²) >= 11 is 0. The zero-order valence-corrected chi connectivity index (χ0v) is 6.69. The van der Waals surface area contributed by atoms with Crippen molar-refractivity contribution in [3.05, 3.63) is 24.4 Å². The minimum absolute atomic E-state index is 0.106. The molecule has 0 fully saturated rings. The van der Waals surface area contributed by atoms with Gasteiger partial charge in [-0.1, -0.05) is 6.08 Å². The van der Waals surface area contributed by atoms with Crippen molar-refractivity contribution >= 4 is 12.0 Å². The second kappa shape index (κ2) is 7.44. The number of hydrogen-bond acceptors (Lipinski definition) is 4. The van der Waals surface area contributed by atoms with Gasteiger partial charge in [-0.15, -0.1) is 0 Å². The first kappa shape index (κ1) is 10.3. The number of ether oxygens (including phenoxy) is 1. The van der Waals surface area contributed by atoms with Gasteiger partial charge in [-0.25, -0.2) is 9.59 Å². The molecule has 0 radical (unpaired) electrons. The number of esters is 1. The predicted octanol–water partition coefficient (Wildman–Crippen LogP) is 0.955. The van der Waals surface area contributed by atoms with Crippen molar-refractivity contribution in [1.29, 1.82) is 0 Å². The molecule has 12 heavy (non-hydrogen) atoms. The van der Waals surface area contributed by atoms with Crippen molar-refractivity contribution in [3.8, 4) is 0 Å². The van der Waals surface area contributed by atoms with Crippen LogP contribution in [0.1, 0.15) is 6.92 Å². The number of nitrogens with zero attached hydrogens (tertiary/aromatic N) is 1. The molecule has 4 heteroatoms. The van der Waals surface area contributed by atoms with Crippen LogP contribution in [-0.2, 0) is 14.3 Å². The van der Waals surface area contributed by atoms with Gasteiger partial charge in [-0.2, -0.15) is 4.99 Å². The molecule has 0 aromatic heterocycles. The quantitative estimate of drug-likeness (QED) is 0.271. The Bertz CT molecular complexity index is 237. The lowest BCUT2D eigenvalue weighted by Crippen LogP contribution is -1.99. The first-order valence-electron chi connectivity index (χ1n) is 3.32. The summed E-state index contributed by atoms with van der Waals surface area (Å²) in [5, 5.41) is 0. The maximum Gasteiger partial charge on any atom is 0.330 e. The molecule has 0 saturated heterocycles. The first-order valence-corrected chi connectivity index (χ1v) is 3.32. The van der Waals surface area contributed by atoms with E-state index < -0.39 is 5.97 Å². The highest BCUT2D eigenvalue weighted by Gasteiger charge is 1.90. The molecule has 0 aliphatic heterocycles. The van der Waals surface area contributed by atoms with E-state index in [0.29, 0.717) is 0 Å². The highest BCUT2D eigenvalue weighted by molar-refractivity contribution is 5.81. The molecule has 0 spiro atoms. The van der Waals surface area contributed by atoms with Gasteiger partial charge in [0.25, 0.3) is 0 Å². The molecule has 0 atom stereocenters. The number of hydrogen-bond donors (Lipinski definition) is 0. The van der Waals surface area contributed by atoms with Crippen LogP contribution < -0.4 is 0 Å². The van der Waals surface area contributed by atoms with Crippen molar-refractivity contribution in [2.24, 2.45) is 4.99 Å². The van der Waals surface area contributed by atoms with E-state index in [1.165, 1.54) is 24.4 Å². The summed E-state index contributed by atoms with van der Waals surface area (Å²) in [4.78, 5) is 23.3. The molecule has 0 amide bonds. The predicted molar refractivity (Wildman–Crippen MR) is 43.0 cm³/mol. The third-order valence-electron chi connectivity index (χ3n) is 0.857. The molecule has 4 nitrogen and oxygen atoms in total. The van der Waals surface area contributed by atoms with Gasteiger partial charge < -0.3 is 4.74 Å². The average molecular weight is 167 g/mol. The molecule has 0 saturated carbocycles. The van der Waals surface area contributed by atoms with Crippen LogP contribution in [0.3, 0.4) is 0 Å². The fraction of sp³-hybridized carbons (Fsp3) is 0.250. The third kappa shape index (κ3) is 6.45. The first-order chi connectivity index (χ1) is 5.81. The Balaban J connectivity index is 3.56. The van der Waals surface area contributed by atoms with Gasteiger partial charge in [0.15, 0.2) is 0 Å². The van der Waals surface area contributed by atoms with Crippen LogP contribution in [0.4, 0.5) is 0 Å². The highest BCUT2D eigenvalue weighted by atomic mass is 16.5. The lowest BCUT2D eigenvalue weighted by atomic mass is 10.5. The van der Waals surface area contributed by atoms with Crippen molar-refractivity contribution in [1.82, 2.24) is 0 Å².